The second kappa shape index (κ2) is 41.1. The summed E-state index contributed by atoms with van der Waals surface area (Å²) in [6, 6.07) is 6.02. The Hall–Kier alpha value is -8.52. The molecular formula is C76H84N4O24S6. The highest BCUT2D eigenvalue weighted by Gasteiger charge is 2.41. The van der Waals surface area contributed by atoms with Crippen molar-refractivity contribution in [3.05, 3.63) is 177 Å². The number of carbonyl (C=O) groups is 10. The lowest BCUT2D eigenvalue weighted by Gasteiger charge is -2.36. The summed E-state index contributed by atoms with van der Waals surface area (Å²) >= 11 is 16.9. The third kappa shape index (κ3) is 24.2. The maximum absolute atomic E-state index is 12.7. The molecular weight excluding hydrogens is 1550 g/mol. The van der Waals surface area contributed by atoms with E-state index in [9.17, 15) is 78.6 Å². The van der Waals surface area contributed by atoms with Crippen molar-refractivity contribution >= 4 is 152 Å². The number of ether oxygens (including phenoxy) is 6. The normalized spacial score (nSPS) is 22.2. The van der Waals surface area contributed by atoms with E-state index in [0.29, 0.717) is 87.8 Å². The van der Waals surface area contributed by atoms with Crippen LogP contribution in [0, 0.1) is 11.8 Å². The molecule has 2 amide bonds. The highest BCUT2D eigenvalue weighted by Crippen LogP contribution is 2.48. The summed E-state index contributed by atoms with van der Waals surface area (Å²) in [5.74, 6) is -7.76. The molecule has 8 aliphatic rings. The van der Waals surface area contributed by atoms with Crippen LogP contribution in [-0.2, 0) is 79.6 Å². The van der Waals surface area contributed by atoms with Gasteiger partial charge in [0.2, 0.25) is 11.8 Å². The van der Waals surface area contributed by atoms with Crippen molar-refractivity contribution in [3.63, 3.8) is 0 Å². The fourth-order valence-electron chi connectivity index (χ4n) is 12.4. The number of ketones is 2. The second-order valence-corrected chi connectivity index (χ2v) is 32.6. The Balaban J connectivity index is 0.000000679. The molecule has 10 rings (SSSR count). The van der Waals surface area contributed by atoms with Crippen molar-refractivity contribution in [2.75, 3.05) is 75.9 Å². The number of nitrogens with one attached hydrogen (secondary N) is 2. The molecule has 0 spiro atoms. The number of aliphatic hydroxyl groups is 2. The number of thiocarbonyl (C=S) groups is 2. The Labute approximate surface area is 660 Å². The first-order valence-corrected chi connectivity index (χ1v) is 40.0. The number of amides is 2. The predicted octanol–water partition coefficient (Wildman–Crippen LogP) is 7.00. The Morgan fingerprint density at radius 1 is 0.491 bits per heavy atom. The Morgan fingerprint density at radius 2 is 0.855 bits per heavy atom. The van der Waals surface area contributed by atoms with Gasteiger partial charge < -0.3 is 91.4 Å². The molecule has 2 aromatic rings. The number of carboxylic acids is 6. The molecule has 12 atom stereocenters. The Kier molecular flexibility index (Phi) is 32.0. The number of aliphatic carboxylic acids is 4. The third-order valence-corrected chi connectivity index (χ3v) is 25.3. The number of carbonyl (C=O) groups excluding carboxylic acids is 4. The molecule has 0 radical (unpaired) electrons. The molecule has 110 heavy (non-hydrogen) atoms. The molecule has 0 bridgehead atoms. The van der Waals surface area contributed by atoms with Gasteiger partial charge in [-0.1, -0.05) is 73.0 Å². The van der Waals surface area contributed by atoms with Gasteiger partial charge in [-0.15, -0.1) is 0 Å². The van der Waals surface area contributed by atoms with Crippen molar-refractivity contribution in [1.29, 1.82) is 0 Å². The van der Waals surface area contributed by atoms with E-state index in [1.807, 2.05) is 0 Å². The summed E-state index contributed by atoms with van der Waals surface area (Å²) in [6.45, 7) is 0.594. The van der Waals surface area contributed by atoms with E-state index in [1.165, 1.54) is 72.1 Å². The van der Waals surface area contributed by atoms with E-state index in [-0.39, 0.29) is 135 Å². The molecule has 0 saturated heterocycles. The molecule has 2 heterocycles. The van der Waals surface area contributed by atoms with E-state index in [4.69, 9.17) is 74.5 Å². The highest BCUT2D eigenvalue weighted by atomic mass is 32.2. The van der Waals surface area contributed by atoms with Crippen LogP contribution in [0.5, 0.6) is 0 Å². The topological polar surface area (TPSA) is 464 Å². The molecule has 34 heteroatoms. The molecule has 2 saturated carbocycles. The number of rotatable bonds is 42. The molecule has 6 aliphatic carbocycles. The van der Waals surface area contributed by atoms with Crippen LogP contribution in [0.1, 0.15) is 81.5 Å². The zero-order valence-electron chi connectivity index (χ0n) is 59.2. The van der Waals surface area contributed by atoms with Crippen LogP contribution in [0.25, 0.3) is 11.1 Å². The minimum absolute atomic E-state index is 0.00562. The van der Waals surface area contributed by atoms with Crippen LogP contribution in [0.2, 0.25) is 0 Å². The zero-order chi connectivity index (χ0) is 79.3. The molecule has 2 fully saturated rings. The number of hydrogen-bond acceptors (Lipinski definition) is 26. The number of thioether (sulfide) groups is 4. The van der Waals surface area contributed by atoms with Crippen LogP contribution in [0.4, 0.5) is 0 Å². The maximum Gasteiger partial charge on any atom is 0.336 e. The smallest absolute Gasteiger partial charge is 0.336 e. The predicted molar refractivity (Wildman–Crippen MR) is 420 cm³/mol. The van der Waals surface area contributed by atoms with Crippen LogP contribution in [0.15, 0.2) is 143 Å². The molecule has 12 unspecified atom stereocenters. The van der Waals surface area contributed by atoms with Gasteiger partial charge >= 0.3 is 35.8 Å². The van der Waals surface area contributed by atoms with E-state index >= 15 is 0 Å². The fraction of sp³-hybridized carbons (Fsp3) is 0.421. The average molecular weight is 1630 g/mol. The van der Waals surface area contributed by atoms with Crippen LogP contribution in [0.3, 0.4) is 0 Å². The lowest BCUT2D eigenvalue weighted by atomic mass is 9.78. The van der Waals surface area contributed by atoms with Crippen molar-refractivity contribution in [3.8, 4) is 0 Å². The third-order valence-electron chi connectivity index (χ3n) is 18.3. The number of aliphatic hydroxyl groups excluding tert-OH is 2. The minimum atomic E-state index is -1.21. The number of nitrogens with two attached hydrogens (primary N) is 2. The monoisotopic (exact) mass is 1630 g/mol. The van der Waals surface area contributed by atoms with Crippen molar-refractivity contribution in [2.45, 2.75) is 109 Å². The lowest BCUT2D eigenvalue weighted by Crippen LogP contribution is -2.45. The van der Waals surface area contributed by atoms with Gasteiger partial charge in [-0.3, -0.25) is 28.8 Å². The molecule has 14 N–H and O–H groups in total. The summed E-state index contributed by atoms with van der Waals surface area (Å²) in [4.78, 5) is 122. The van der Waals surface area contributed by atoms with Crippen molar-refractivity contribution in [1.82, 2.24) is 10.6 Å². The largest absolute Gasteiger partial charge is 0.508 e. The zero-order valence-corrected chi connectivity index (χ0v) is 64.1. The van der Waals surface area contributed by atoms with E-state index < -0.39 is 95.8 Å². The molecule has 28 nitrogen and oxygen atoms in total. The van der Waals surface area contributed by atoms with Gasteiger partial charge in [0.05, 0.1) is 75.8 Å². The number of hydrogen-bond donors (Lipinski definition) is 12. The van der Waals surface area contributed by atoms with Gasteiger partial charge in [0, 0.05) is 115 Å². The first-order valence-electron chi connectivity index (χ1n) is 35.0. The summed E-state index contributed by atoms with van der Waals surface area (Å²) in [5.41, 5.74) is 15.6. The average Bonchev–Trinajstić information content (AvgIpc) is 0.753. The minimum Gasteiger partial charge on any atom is -0.508 e. The molecule has 0 aromatic heterocycles. The Bertz CT molecular complexity index is 3970. The van der Waals surface area contributed by atoms with Gasteiger partial charge in [0.1, 0.15) is 59.4 Å². The van der Waals surface area contributed by atoms with Crippen molar-refractivity contribution in [2.24, 2.45) is 23.3 Å². The summed E-state index contributed by atoms with van der Waals surface area (Å²) < 4.78 is 34.5. The first kappa shape index (κ1) is 85.5. The van der Waals surface area contributed by atoms with E-state index in [2.05, 4.69) is 10.6 Å². The fourth-order valence-corrected chi connectivity index (χ4v) is 19.0. The van der Waals surface area contributed by atoms with Gasteiger partial charge in [0.25, 0.3) is 0 Å². The highest BCUT2D eigenvalue weighted by molar-refractivity contribution is 8.04. The maximum atomic E-state index is 12.7. The van der Waals surface area contributed by atoms with E-state index in [1.54, 1.807) is 84.2 Å². The SMILES string of the molecule is NC(CSC1CCC1SCC(N)C(=O)O)C(=O)O.O=C1C=CC2C(=C1)OC1C=C(O)C=CC1=C2c1ccc(CC(=S)COCCOCCC(=O)NC(CSC2CCC2SCC(NC(=O)CCOCCOCC(=S)Cc2ccc(C3=C4C=CC(O)=CC4OC4=CC(=O)C=CC43)c(C(=O)O)c2)C(=O)O)C(=O)O)cc1C(=O)O. The number of carboxylic acid groups (broad SMARTS) is 6. The van der Waals surface area contributed by atoms with Crippen LogP contribution < -0.4 is 22.1 Å². The summed E-state index contributed by atoms with van der Waals surface area (Å²) in [5, 5.41) is 83.9. The van der Waals surface area contributed by atoms with Crippen LogP contribution in [-0.4, -0.2) is 243 Å². The number of allylic oxidation sites excluding steroid dienone is 8. The summed E-state index contributed by atoms with van der Waals surface area (Å²) in [7, 11) is 0. The molecule has 2 aliphatic heterocycles. The van der Waals surface area contributed by atoms with Gasteiger partial charge in [0.15, 0.2) is 11.6 Å². The van der Waals surface area contributed by atoms with Gasteiger partial charge in [-0.2, -0.15) is 47.0 Å². The second-order valence-electron chi connectivity index (χ2n) is 26.3. The molecule has 588 valence electrons. The first-order chi connectivity index (χ1) is 52.6. The van der Waals surface area contributed by atoms with Crippen LogP contribution >= 0.6 is 71.5 Å². The summed E-state index contributed by atoms with van der Waals surface area (Å²) in [6.07, 6.45) is 20.6. The standard InChI is InChI=1S/C66H66N2O20S4.C10H18N2O4S2/c69-37-3-9-45-53(27-37)87-54-28-38(70)4-10-46(54)61(45)43-7-1-35(25-49(43)63(75)76)23-41(89)31-85-21-19-83-17-15-59(73)67-51(65(79)80)33-91-57-13-14-58(57)92-34-52(66(81)82)68-60(74)16-18-84-20-22-86-32-42(90)24-36-2-8-44(50(26-36)64(77)78)62-47-11-5-39(71)29-55(47)88-56-30-40(72)6-12-48(56)62;11-5(9(13)14)3-17-7-1-2-8(7)18-4-6(12)10(15)16/h1-12,25-30,45,47,51-52,54,56-58,70,72H,13-24,31-34H2,(H,67,73)(H,68,74)(H,75,76)(H,77,78)(H,79,80)(H,81,82);5-8H,1-4,11-12H2,(H,13,14)(H,15,16). The van der Waals surface area contributed by atoms with Crippen molar-refractivity contribution < 1.29 is 117 Å². The molecule has 2 aromatic carbocycles. The van der Waals surface area contributed by atoms with Gasteiger partial charge in [-0.25, -0.2) is 19.2 Å². The van der Waals surface area contributed by atoms with E-state index in [0.717, 1.165) is 25.7 Å². The van der Waals surface area contributed by atoms with Gasteiger partial charge in [-0.05, 0) is 95.5 Å². The lowest BCUT2D eigenvalue weighted by molar-refractivity contribution is -0.141. The number of benzene rings is 2. The quantitative estimate of drug-likeness (QED) is 0.0235. The Morgan fingerprint density at radius 3 is 1.20 bits per heavy atom. The number of fused-ring (bicyclic) bond motifs is 4. The number of aromatic carboxylic acids is 2.